The molecule has 0 amide bonds. The van der Waals surface area contributed by atoms with E-state index in [0.29, 0.717) is 5.92 Å². The molecule has 2 fully saturated rings. The third-order valence-electron chi connectivity index (χ3n) is 4.63. The summed E-state index contributed by atoms with van der Waals surface area (Å²) in [5, 5.41) is 0. The summed E-state index contributed by atoms with van der Waals surface area (Å²) in [6, 6.07) is 2.11. The van der Waals surface area contributed by atoms with Crippen molar-refractivity contribution in [3.05, 3.63) is 23.7 Å². The van der Waals surface area contributed by atoms with Crippen LogP contribution in [0.15, 0.2) is 16.7 Å². The van der Waals surface area contributed by atoms with Crippen LogP contribution in [0.25, 0.3) is 0 Å². The van der Waals surface area contributed by atoms with Crippen LogP contribution < -0.4 is 11.3 Å². The number of ether oxygens (including phenoxy) is 1. The van der Waals surface area contributed by atoms with Crippen LogP contribution in [0.1, 0.15) is 49.5 Å². The highest BCUT2D eigenvalue weighted by atomic mass is 16.5. The minimum atomic E-state index is 0.112. The number of nitrogens with two attached hydrogens (primary N) is 1. The molecule has 2 heterocycles. The molecule has 2 unspecified atom stereocenters. The SMILES string of the molecule is Cc1ccoc1C(NN)C1CCOC2(CCC2)C1. The minimum absolute atomic E-state index is 0.112. The standard InChI is InChI=1S/C14H22N2O2/c1-10-3-7-17-13(10)12(16-15)11-4-8-18-14(9-11)5-2-6-14/h3,7,11-12,16H,2,4-6,8-9,15H2,1H3. The van der Waals surface area contributed by atoms with Crippen LogP contribution in [0, 0.1) is 12.8 Å². The maximum Gasteiger partial charge on any atom is 0.125 e. The molecule has 0 radical (unpaired) electrons. The smallest absolute Gasteiger partial charge is 0.125 e. The molecule has 1 spiro atoms. The van der Waals surface area contributed by atoms with Crippen molar-refractivity contribution < 1.29 is 9.15 Å². The zero-order valence-electron chi connectivity index (χ0n) is 10.9. The van der Waals surface area contributed by atoms with Gasteiger partial charge in [-0.2, -0.15) is 0 Å². The summed E-state index contributed by atoms with van der Waals surface area (Å²) in [5.41, 5.74) is 4.28. The summed E-state index contributed by atoms with van der Waals surface area (Å²) in [4.78, 5) is 0. The zero-order valence-corrected chi connectivity index (χ0v) is 10.9. The molecule has 1 aliphatic heterocycles. The van der Waals surface area contributed by atoms with Gasteiger partial charge in [-0.25, -0.2) is 5.43 Å². The molecule has 4 nitrogen and oxygen atoms in total. The Balaban J connectivity index is 1.77. The lowest BCUT2D eigenvalue weighted by Gasteiger charge is -2.48. The molecular weight excluding hydrogens is 228 g/mol. The largest absolute Gasteiger partial charge is 0.467 e. The highest BCUT2D eigenvalue weighted by Gasteiger charge is 2.45. The molecule has 2 atom stereocenters. The molecule has 18 heavy (non-hydrogen) atoms. The molecule has 0 bridgehead atoms. The Morgan fingerprint density at radius 2 is 2.33 bits per heavy atom. The normalized spacial score (nSPS) is 28.0. The van der Waals surface area contributed by atoms with Gasteiger partial charge in [-0.3, -0.25) is 5.84 Å². The summed E-state index contributed by atoms with van der Waals surface area (Å²) in [5.74, 6) is 7.25. The molecule has 100 valence electrons. The highest BCUT2D eigenvalue weighted by Crippen LogP contribution is 2.47. The maximum atomic E-state index is 5.97. The topological polar surface area (TPSA) is 60.4 Å². The molecule has 2 aliphatic rings. The monoisotopic (exact) mass is 250 g/mol. The number of hydrogen-bond acceptors (Lipinski definition) is 4. The van der Waals surface area contributed by atoms with E-state index in [9.17, 15) is 0 Å². The molecule has 4 heteroatoms. The second-order valence-electron chi connectivity index (χ2n) is 5.75. The second kappa shape index (κ2) is 4.68. The van der Waals surface area contributed by atoms with Crippen LogP contribution in [0.2, 0.25) is 0 Å². The zero-order chi connectivity index (χ0) is 12.6. The fourth-order valence-corrected chi connectivity index (χ4v) is 3.40. The first-order chi connectivity index (χ1) is 8.74. The van der Waals surface area contributed by atoms with Gasteiger partial charge in [0.2, 0.25) is 0 Å². The van der Waals surface area contributed by atoms with E-state index in [1.807, 2.05) is 6.07 Å². The van der Waals surface area contributed by atoms with Crippen LogP contribution in [0.4, 0.5) is 0 Å². The van der Waals surface area contributed by atoms with Crippen LogP contribution in [0.5, 0.6) is 0 Å². The lowest BCUT2D eigenvalue weighted by Crippen LogP contribution is -2.48. The molecule has 1 aliphatic carbocycles. The lowest BCUT2D eigenvalue weighted by atomic mass is 9.70. The van der Waals surface area contributed by atoms with E-state index in [-0.39, 0.29) is 11.6 Å². The van der Waals surface area contributed by atoms with Crippen LogP contribution in [0.3, 0.4) is 0 Å². The minimum Gasteiger partial charge on any atom is -0.467 e. The Hall–Kier alpha value is -0.840. The van der Waals surface area contributed by atoms with Gasteiger partial charge in [0, 0.05) is 6.61 Å². The van der Waals surface area contributed by atoms with E-state index < -0.39 is 0 Å². The summed E-state index contributed by atoms with van der Waals surface area (Å²) in [6.45, 7) is 2.92. The first-order valence-electron chi connectivity index (χ1n) is 6.88. The summed E-state index contributed by atoms with van der Waals surface area (Å²) in [6.07, 6.45) is 7.61. The Kier molecular flexibility index (Phi) is 3.18. The third-order valence-corrected chi connectivity index (χ3v) is 4.63. The van der Waals surface area contributed by atoms with Crippen molar-refractivity contribution in [2.24, 2.45) is 11.8 Å². The predicted molar refractivity (Wildman–Crippen MR) is 68.8 cm³/mol. The first kappa shape index (κ1) is 12.2. The van der Waals surface area contributed by atoms with Gasteiger partial charge in [-0.05, 0) is 56.6 Å². The molecule has 3 N–H and O–H groups in total. The first-order valence-corrected chi connectivity index (χ1v) is 6.88. The Morgan fingerprint density at radius 3 is 2.89 bits per heavy atom. The van der Waals surface area contributed by atoms with Gasteiger partial charge in [0.05, 0.1) is 17.9 Å². The number of aryl methyl sites for hydroxylation is 1. The summed E-state index contributed by atoms with van der Waals surface area (Å²) >= 11 is 0. The summed E-state index contributed by atoms with van der Waals surface area (Å²) in [7, 11) is 0. The van der Waals surface area contributed by atoms with E-state index in [1.165, 1.54) is 24.8 Å². The molecule has 1 saturated carbocycles. The third kappa shape index (κ3) is 1.98. The number of furan rings is 1. The highest BCUT2D eigenvalue weighted by molar-refractivity contribution is 5.19. The van der Waals surface area contributed by atoms with Crippen molar-refractivity contribution in [3.63, 3.8) is 0 Å². The van der Waals surface area contributed by atoms with Gasteiger partial charge >= 0.3 is 0 Å². The van der Waals surface area contributed by atoms with Crippen molar-refractivity contribution >= 4 is 0 Å². The van der Waals surface area contributed by atoms with E-state index in [4.69, 9.17) is 15.0 Å². The molecular formula is C14H22N2O2. The van der Waals surface area contributed by atoms with Crippen molar-refractivity contribution in [2.45, 2.75) is 50.7 Å². The number of hydrogen-bond donors (Lipinski definition) is 2. The lowest BCUT2D eigenvalue weighted by molar-refractivity contribution is -0.148. The van der Waals surface area contributed by atoms with Gasteiger partial charge in [0.1, 0.15) is 5.76 Å². The van der Waals surface area contributed by atoms with Gasteiger partial charge in [-0.15, -0.1) is 0 Å². The molecule has 1 saturated heterocycles. The van der Waals surface area contributed by atoms with E-state index in [0.717, 1.165) is 25.2 Å². The average molecular weight is 250 g/mol. The van der Waals surface area contributed by atoms with Crippen molar-refractivity contribution in [2.75, 3.05) is 6.61 Å². The average Bonchev–Trinajstić information content (AvgIpc) is 2.75. The molecule has 0 aromatic carbocycles. The molecule has 1 aromatic heterocycles. The van der Waals surface area contributed by atoms with E-state index in [1.54, 1.807) is 6.26 Å². The second-order valence-corrected chi connectivity index (χ2v) is 5.75. The molecule has 3 rings (SSSR count). The predicted octanol–water partition coefficient (Wildman–Crippen LogP) is 2.44. The summed E-state index contributed by atoms with van der Waals surface area (Å²) < 4.78 is 11.6. The quantitative estimate of drug-likeness (QED) is 0.639. The Bertz CT molecular complexity index is 412. The van der Waals surface area contributed by atoms with Gasteiger partial charge in [0.15, 0.2) is 0 Å². The molecule has 1 aromatic rings. The Morgan fingerprint density at radius 1 is 1.50 bits per heavy atom. The van der Waals surface area contributed by atoms with Crippen molar-refractivity contribution in [3.8, 4) is 0 Å². The van der Waals surface area contributed by atoms with Gasteiger partial charge in [0.25, 0.3) is 0 Å². The van der Waals surface area contributed by atoms with Crippen molar-refractivity contribution in [1.29, 1.82) is 0 Å². The van der Waals surface area contributed by atoms with Gasteiger partial charge < -0.3 is 9.15 Å². The van der Waals surface area contributed by atoms with E-state index in [2.05, 4.69) is 12.3 Å². The number of rotatable bonds is 3. The van der Waals surface area contributed by atoms with E-state index >= 15 is 0 Å². The fraction of sp³-hybridized carbons (Fsp3) is 0.714. The van der Waals surface area contributed by atoms with Gasteiger partial charge in [-0.1, -0.05) is 0 Å². The fourth-order valence-electron chi connectivity index (χ4n) is 3.40. The van der Waals surface area contributed by atoms with Crippen LogP contribution in [-0.2, 0) is 4.74 Å². The van der Waals surface area contributed by atoms with Crippen LogP contribution in [-0.4, -0.2) is 12.2 Å². The van der Waals surface area contributed by atoms with Crippen LogP contribution >= 0.6 is 0 Å². The maximum absolute atomic E-state index is 5.97. The van der Waals surface area contributed by atoms with Crippen molar-refractivity contribution in [1.82, 2.24) is 5.43 Å². The number of nitrogens with one attached hydrogen (secondary N) is 1. The number of hydrazine groups is 1. The Labute approximate surface area is 108 Å².